The third-order valence-corrected chi connectivity index (χ3v) is 3.49. The molecule has 0 aromatic heterocycles. The van der Waals surface area contributed by atoms with E-state index < -0.39 is 5.97 Å². The molecule has 0 fully saturated rings. The van der Waals surface area contributed by atoms with Crippen molar-refractivity contribution in [2.24, 2.45) is 0 Å². The summed E-state index contributed by atoms with van der Waals surface area (Å²) in [6.45, 7) is 4.24. The molecule has 0 radical (unpaired) electrons. The lowest BCUT2D eigenvalue weighted by Gasteiger charge is -2.25. The van der Waals surface area contributed by atoms with Crippen LogP contribution in [0.25, 0.3) is 0 Å². The van der Waals surface area contributed by atoms with E-state index in [-0.39, 0.29) is 16.7 Å². The second-order valence-corrected chi connectivity index (χ2v) is 5.58. The Balaban J connectivity index is 2.30. The molecule has 0 atom stereocenters. The number of aromatic carboxylic acids is 1. The van der Waals surface area contributed by atoms with Crippen LogP contribution in [0.5, 0.6) is 5.75 Å². The number of hydrogen-bond acceptors (Lipinski definition) is 2. The number of rotatable bonds is 4. The van der Waals surface area contributed by atoms with E-state index in [0.29, 0.717) is 6.42 Å². The van der Waals surface area contributed by atoms with Gasteiger partial charge in [-0.3, -0.25) is 0 Å². The molecule has 0 heterocycles. The zero-order chi connectivity index (χ0) is 14.8. The van der Waals surface area contributed by atoms with Crippen molar-refractivity contribution in [2.75, 3.05) is 0 Å². The van der Waals surface area contributed by atoms with Crippen LogP contribution in [0.15, 0.2) is 48.5 Å². The average Bonchev–Trinajstić information content (AvgIpc) is 2.41. The van der Waals surface area contributed by atoms with Crippen molar-refractivity contribution in [3.05, 3.63) is 65.2 Å². The highest BCUT2D eigenvalue weighted by Crippen LogP contribution is 2.29. The van der Waals surface area contributed by atoms with E-state index in [9.17, 15) is 9.90 Å². The van der Waals surface area contributed by atoms with Crippen molar-refractivity contribution in [2.45, 2.75) is 25.7 Å². The van der Waals surface area contributed by atoms with Gasteiger partial charge in [0.15, 0.2) is 0 Å². The molecule has 2 N–H and O–H groups in total. The lowest BCUT2D eigenvalue weighted by Crippen LogP contribution is -2.20. The van der Waals surface area contributed by atoms with E-state index >= 15 is 0 Å². The first-order valence-electron chi connectivity index (χ1n) is 6.51. The monoisotopic (exact) mass is 270 g/mol. The summed E-state index contributed by atoms with van der Waals surface area (Å²) in [6.07, 6.45) is 0.706. The molecule has 0 aliphatic heterocycles. The first-order valence-corrected chi connectivity index (χ1v) is 6.51. The summed E-state index contributed by atoms with van der Waals surface area (Å²) in [6, 6.07) is 14.9. The first-order chi connectivity index (χ1) is 9.40. The molecule has 104 valence electrons. The molecule has 0 aliphatic carbocycles. The number of carboxylic acid groups (broad SMARTS) is 1. The minimum Gasteiger partial charge on any atom is -0.507 e. The van der Waals surface area contributed by atoms with Crippen LogP contribution < -0.4 is 0 Å². The molecule has 0 unspecified atom stereocenters. The maximum atomic E-state index is 11.0. The number of aromatic hydroxyl groups is 1. The van der Waals surface area contributed by atoms with E-state index in [1.807, 2.05) is 18.2 Å². The van der Waals surface area contributed by atoms with Crippen LogP contribution in [0.1, 0.15) is 35.3 Å². The van der Waals surface area contributed by atoms with Crippen LogP contribution in [-0.4, -0.2) is 16.2 Å². The van der Waals surface area contributed by atoms with Crippen LogP contribution in [0, 0.1) is 0 Å². The molecule has 2 aromatic carbocycles. The predicted molar refractivity (Wildman–Crippen MR) is 78.2 cm³/mol. The molecule has 2 aromatic rings. The molecule has 0 bridgehead atoms. The van der Waals surface area contributed by atoms with Crippen molar-refractivity contribution >= 4 is 5.97 Å². The molecule has 0 amide bonds. The minimum absolute atomic E-state index is 0.0497. The van der Waals surface area contributed by atoms with E-state index in [1.165, 1.54) is 11.6 Å². The Morgan fingerprint density at radius 2 is 1.75 bits per heavy atom. The molecule has 0 aliphatic rings. The summed E-state index contributed by atoms with van der Waals surface area (Å²) in [5.74, 6) is -1.30. The van der Waals surface area contributed by atoms with Crippen LogP contribution in [0.3, 0.4) is 0 Å². The zero-order valence-electron chi connectivity index (χ0n) is 11.6. The second kappa shape index (κ2) is 5.37. The molecule has 0 saturated carbocycles. The van der Waals surface area contributed by atoms with Crippen molar-refractivity contribution in [1.29, 1.82) is 0 Å². The van der Waals surface area contributed by atoms with Crippen LogP contribution >= 0.6 is 0 Å². The van der Waals surface area contributed by atoms with Gasteiger partial charge < -0.3 is 10.2 Å². The Bertz CT molecular complexity index is 615. The molecule has 2 rings (SSSR count). The predicted octanol–water partition coefficient (Wildman–Crippen LogP) is 3.61. The van der Waals surface area contributed by atoms with Gasteiger partial charge in [0.25, 0.3) is 0 Å². The summed E-state index contributed by atoms with van der Waals surface area (Å²) in [7, 11) is 0. The third-order valence-electron chi connectivity index (χ3n) is 3.49. The Labute approximate surface area is 118 Å². The maximum Gasteiger partial charge on any atom is 0.339 e. The SMILES string of the molecule is CC(C)(Cc1ccc(O)c(C(=O)O)c1)c1ccccc1. The fourth-order valence-corrected chi connectivity index (χ4v) is 2.37. The summed E-state index contributed by atoms with van der Waals surface area (Å²) in [5.41, 5.74) is 1.94. The molecule has 0 saturated heterocycles. The summed E-state index contributed by atoms with van der Waals surface area (Å²) >= 11 is 0. The van der Waals surface area contributed by atoms with Crippen molar-refractivity contribution in [1.82, 2.24) is 0 Å². The molecule has 20 heavy (non-hydrogen) atoms. The first kappa shape index (κ1) is 14.1. The zero-order valence-corrected chi connectivity index (χ0v) is 11.6. The summed E-state index contributed by atoms with van der Waals surface area (Å²) in [5, 5.41) is 18.6. The van der Waals surface area contributed by atoms with Gasteiger partial charge in [0.1, 0.15) is 11.3 Å². The standard InChI is InChI=1S/C17H18O3/c1-17(2,13-6-4-3-5-7-13)11-12-8-9-15(18)14(10-12)16(19)20/h3-10,18H,11H2,1-2H3,(H,19,20). The molecule has 3 heteroatoms. The third kappa shape index (κ3) is 2.99. The van der Waals surface area contributed by atoms with E-state index in [0.717, 1.165) is 5.56 Å². The van der Waals surface area contributed by atoms with Crippen LogP contribution in [0.2, 0.25) is 0 Å². The lowest BCUT2D eigenvalue weighted by molar-refractivity contribution is 0.0693. The number of phenols is 1. The quantitative estimate of drug-likeness (QED) is 0.892. The van der Waals surface area contributed by atoms with Gasteiger partial charge in [0.2, 0.25) is 0 Å². The topological polar surface area (TPSA) is 57.5 Å². The number of carboxylic acids is 1. The molecular formula is C17H18O3. The molecular weight excluding hydrogens is 252 g/mol. The maximum absolute atomic E-state index is 11.0. The van der Waals surface area contributed by atoms with Gasteiger partial charge in [0.05, 0.1) is 0 Å². The highest BCUT2D eigenvalue weighted by Gasteiger charge is 2.22. The minimum atomic E-state index is -1.11. The largest absolute Gasteiger partial charge is 0.507 e. The fourth-order valence-electron chi connectivity index (χ4n) is 2.37. The molecule has 0 spiro atoms. The van der Waals surface area contributed by atoms with Crippen LogP contribution in [0.4, 0.5) is 0 Å². The Hall–Kier alpha value is -2.29. The Kier molecular flexibility index (Phi) is 3.79. The van der Waals surface area contributed by atoms with E-state index in [1.54, 1.807) is 12.1 Å². The number of hydrogen-bond donors (Lipinski definition) is 2. The second-order valence-electron chi connectivity index (χ2n) is 5.58. The molecule has 3 nitrogen and oxygen atoms in total. The normalized spacial score (nSPS) is 11.3. The number of carbonyl (C=O) groups is 1. The van der Waals surface area contributed by atoms with Gasteiger partial charge in [-0.05, 0) is 35.1 Å². The summed E-state index contributed by atoms with van der Waals surface area (Å²) < 4.78 is 0. The van der Waals surface area contributed by atoms with E-state index in [2.05, 4.69) is 26.0 Å². The number of benzene rings is 2. The van der Waals surface area contributed by atoms with E-state index in [4.69, 9.17) is 5.11 Å². The van der Waals surface area contributed by atoms with Gasteiger partial charge in [-0.25, -0.2) is 4.79 Å². The summed E-state index contributed by atoms with van der Waals surface area (Å²) in [4.78, 5) is 11.0. The van der Waals surface area contributed by atoms with Gasteiger partial charge in [-0.2, -0.15) is 0 Å². The average molecular weight is 270 g/mol. The highest BCUT2D eigenvalue weighted by molar-refractivity contribution is 5.90. The highest BCUT2D eigenvalue weighted by atomic mass is 16.4. The van der Waals surface area contributed by atoms with Gasteiger partial charge >= 0.3 is 5.97 Å². The van der Waals surface area contributed by atoms with Crippen molar-refractivity contribution in [3.8, 4) is 5.75 Å². The van der Waals surface area contributed by atoms with Crippen molar-refractivity contribution in [3.63, 3.8) is 0 Å². The van der Waals surface area contributed by atoms with Gasteiger partial charge in [-0.1, -0.05) is 50.2 Å². The lowest BCUT2D eigenvalue weighted by atomic mass is 9.79. The fraction of sp³-hybridized carbons (Fsp3) is 0.235. The van der Waals surface area contributed by atoms with Gasteiger partial charge in [-0.15, -0.1) is 0 Å². The Morgan fingerprint density at radius 1 is 1.10 bits per heavy atom. The smallest absolute Gasteiger partial charge is 0.339 e. The van der Waals surface area contributed by atoms with Crippen LogP contribution in [-0.2, 0) is 11.8 Å². The Morgan fingerprint density at radius 3 is 2.35 bits per heavy atom. The van der Waals surface area contributed by atoms with Gasteiger partial charge in [0, 0.05) is 0 Å². The van der Waals surface area contributed by atoms with Crippen molar-refractivity contribution < 1.29 is 15.0 Å².